The maximum Gasteiger partial charge on any atom is 0.184 e. The molecule has 0 amide bonds. The highest BCUT2D eigenvalue weighted by atomic mass is 79.9. The molecule has 0 unspecified atom stereocenters. The Bertz CT molecular complexity index is 644. The van der Waals surface area contributed by atoms with Crippen LogP contribution in [-0.4, -0.2) is 15.6 Å². The normalized spacial score (nSPS) is 10.8. The Morgan fingerprint density at radius 3 is 2.47 bits per heavy atom. The summed E-state index contributed by atoms with van der Waals surface area (Å²) in [7, 11) is 0. The number of benzene rings is 1. The van der Waals surface area contributed by atoms with Crippen LogP contribution in [0.25, 0.3) is 0 Å². The summed E-state index contributed by atoms with van der Waals surface area (Å²) < 4.78 is 2.72. The van der Waals surface area contributed by atoms with E-state index in [2.05, 4.69) is 21.0 Å². The van der Waals surface area contributed by atoms with E-state index in [0.717, 1.165) is 27.0 Å². The minimum absolute atomic E-state index is 0.0931. The first-order chi connectivity index (χ1) is 8.90. The third-order valence-electron chi connectivity index (χ3n) is 3.27. The van der Waals surface area contributed by atoms with E-state index < -0.39 is 0 Å². The number of aromatic nitrogens is 2. The van der Waals surface area contributed by atoms with Crippen molar-refractivity contribution in [2.45, 2.75) is 34.2 Å². The Hall–Kier alpha value is -1.42. The van der Waals surface area contributed by atoms with Crippen molar-refractivity contribution in [1.29, 1.82) is 0 Å². The van der Waals surface area contributed by atoms with Gasteiger partial charge >= 0.3 is 0 Å². The Morgan fingerprint density at radius 2 is 1.95 bits per heavy atom. The first kappa shape index (κ1) is 14.0. The number of halogens is 1. The summed E-state index contributed by atoms with van der Waals surface area (Å²) in [6.07, 6.45) is 0. The number of hydrogen-bond donors (Lipinski definition) is 0. The molecule has 0 aliphatic carbocycles. The fourth-order valence-electron chi connectivity index (χ4n) is 2.18. The zero-order chi connectivity index (χ0) is 14.2. The van der Waals surface area contributed by atoms with Crippen molar-refractivity contribution in [2.24, 2.45) is 0 Å². The van der Waals surface area contributed by atoms with E-state index in [4.69, 9.17) is 0 Å². The molecule has 100 valence electrons. The number of aryl methyl sites for hydroxylation is 3. The highest BCUT2D eigenvalue weighted by Crippen LogP contribution is 2.20. The van der Waals surface area contributed by atoms with E-state index in [1.54, 1.807) is 4.68 Å². The topological polar surface area (TPSA) is 34.9 Å². The van der Waals surface area contributed by atoms with E-state index in [9.17, 15) is 4.79 Å². The predicted octanol–water partition coefficient (Wildman–Crippen LogP) is 3.76. The van der Waals surface area contributed by atoms with E-state index >= 15 is 0 Å². The van der Waals surface area contributed by atoms with Gasteiger partial charge in [-0.1, -0.05) is 23.8 Å². The standard InChI is InChI=1S/C15H17BrN2O/c1-9-5-6-13(10(2)7-9)14(19)8-18-12(4)15(16)11(3)17-18/h5-7H,8H2,1-4H3. The summed E-state index contributed by atoms with van der Waals surface area (Å²) in [5, 5.41) is 4.37. The van der Waals surface area contributed by atoms with Crippen molar-refractivity contribution in [3.8, 4) is 0 Å². The molecule has 0 fully saturated rings. The molecule has 0 bridgehead atoms. The van der Waals surface area contributed by atoms with Crippen LogP contribution in [-0.2, 0) is 6.54 Å². The number of carbonyl (C=O) groups excluding carboxylic acids is 1. The van der Waals surface area contributed by atoms with Gasteiger partial charge in [-0.25, -0.2) is 0 Å². The van der Waals surface area contributed by atoms with Gasteiger partial charge < -0.3 is 0 Å². The highest BCUT2D eigenvalue weighted by Gasteiger charge is 2.14. The van der Waals surface area contributed by atoms with Gasteiger partial charge in [-0.15, -0.1) is 0 Å². The number of carbonyl (C=O) groups is 1. The van der Waals surface area contributed by atoms with Gasteiger partial charge in [0.2, 0.25) is 0 Å². The number of Topliss-reactive ketones (excluding diaryl/α,β-unsaturated/α-hetero) is 1. The van der Waals surface area contributed by atoms with E-state index in [1.165, 1.54) is 5.56 Å². The van der Waals surface area contributed by atoms with Gasteiger partial charge in [0.1, 0.15) is 6.54 Å². The molecule has 0 aliphatic heterocycles. The van der Waals surface area contributed by atoms with Gasteiger partial charge in [0.05, 0.1) is 15.9 Å². The zero-order valence-electron chi connectivity index (χ0n) is 11.6. The first-order valence-corrected chi connectivity index (χ1v) is 6.99. The van der Waals surface area contributed by atoms with Crippen molar-refractivity contribution >= 4 is 21.7 Å². The fourth-order valence-corrected chi connectivity index (χ4v) is 2.46. The predicted molar refractivity (Wildman–Crippen MR) is 79.6 cm³/mol. The van der Waals surface area contributed by atoms with Crippen LogP contribution in [0.4, 0.5) is 0 Å². The molecular weight excluding hydrogens is 304 g/mol. The summed E-state index contributed by atoms with van der Waals surface area (Å²) in [4.78, 5) is 12.3. The number of hydrogen-bond acceptors (Lipinski definition) is 2. The summed E-state index contributed by atoms with van der Waals surface area (Å²) in [6.45, 7) is 8.16. The molecule has 0 saturated heterocycles. The van der Waals surface area contributed by atoms with E-state index in [-0.39, 0.29) is 12.3 Å². The maximum absolute atomic E-state index is 12.3. The van der Waals surface area contributed by atoms with Crippen molar-refractivity contribution in [3.05, 3.63) is 50.8 Å². The van der Waals surface area contributed by atoms with Crippen LogP contribution in [0.2, 0.25) is 0 Å². The molecular formula is C15H17BrN2O. The smallest absolute Gasteiger partial charge is 0.184 e. The summed E-state index contributed by atoms with van der Waals surface area (Å²) in [5.41, 5.74) is 4.85. The molecule has 2 rings (SSSR count). The minimum atomic E-state index is 0.0931. The van der Waals surface area contributed by atoms with E-state index in [0.29, 0.717) is 0 Å². The Balaban J connectivity index is 2.28. The lowest BCUT2D eigenvalue weighted by molar-refractivity contribution is 0.0966. The molecule has 1 aromatic heterocycles. The second-order valence-corrected chi connectivity index (χ2v) is 5.68. The molecule has 3 nitrogen and oxygen atoms in total. The number of rotatable bonds is 3. The molecule has 0 N–H and O–H groups in total. The average Bonchev–Trinajstić information content (AvgIpc) is 2.57. The van der Waals surface area contributed by atoms with Crippen molar-refractivity contribution in [1.82, 2.24) is 9.78 Å². The Labute approximate surface area is 121 Å². The third kappa shape index (κ3) is 2.78. The van der Waals surface area contributed by atoms with Crippen LogP contribution in [0, 0.1) is 27.7 Å². The lowest BCUT2D eigenvalue weighted by Crippen LogP contribution is -2.14. The molecule has 0 radical (unpaired) electrons. The lowest BCUT2D eigenvalue weighted by Gasteiger charge is -2.07. The first-order valence-electron chi connectivity index (χ1n) is 6.20. The van der Waals surface area contributed by atoms with Gasteiger partial charge in [0.25, 0.3) is 0 Å². The second kappa shape index (κ2) is 5.29. The molecule has 0 saturated carbocycles. The van der Waals surface area contributed by atoms with Crippen LogP contribution >= 0.6 is 15.9 Å². The summed E-state index contributed by atoms with van der Waals surface area (Å²) in [5.74, 6) is 0.0931. The largest absolute Gasteiger partial charge is 0.292 e. The van der Waals surface area contributed by atoms with Crippen LogP contribution in [0.3, 0.4) is 0 Å². The quantitative estimate of drug-likeness (QED) is 0.807. The fraction of sp³-hybridized carbons (Fsp3) is 0.333. The summed E-state index contributed by atoms with van der Waals surface area (Å²) in [6, 6.07) is 5.90. The van der Waals surface area contributed by atoms with Gasteiger partial charge in [-0.05, 0) is 49.2 Å². The zero-order valence-corrected chi connectivity index (χ0v) is 13.2. The van der Waals surface area contributed by atoms with Crippen molar-refractivity contribution < 1.29 is 4.79 Å². The average molecular weight is 321 g/mol. The van der Waals surface area contributed by atoms with E-state index in [1.807, 2.05) is 45.9 Å². The Morgan fingerprint density at radius 1 is 1.26 bits per heavy atom. The Kier molecular flexibility index (Phi) is 3.90. The minimum Gasteiger partial charge on any atom is -0.292 e. The molecule has 0 atom stereocenters. The molecule has 1 heterocycles. The second-order valence-electron chi connectivity index (χ2n) is 4.88. The number of nitrogens with zero attached hydrogens (tertiary/aromatic N) is 2. The molecule has 19 heavy (non-hydrogen) atoms. The van der Waals surface area contributed by atoms with Crippen molar-refractivity contribution in [2.75, 3.05) is 0 Å². The molecule has 2 aromatic rings. The molecule has 1 aromatic carbocycles. The molecule has 4 heteroatoms. The maximum atomic E-state index is 12.3. The van der Waals surface area contributed by atoms with Gasteiger partial charge in [0, 0.05) is 5.56 Å². The van der Waals surface area contributed by atoms with Crippen LogP contribution in [0.1, 0.15) is 32.9 Å². The monoisotopic (exact) mass is 320 g/mol. The van der Waals surface area contributed by atoms with Crippen LogP contribution < -0.4 is 0 Å². The third-order valence-corrected chi connectivity index (χ3v) is 4.42. The molecule has 0 spiro atoms. The lowest BCUT2D eigenvalue weighted by atomic mass is 10.0. The van der Waals surface area contributed by atoms with Crippen LogP contribution in [0.15, 0.2) is 22.7 Å². The SMILES string of the molecule is Cc1ccc(C(=O)Cn2nc(C)c(Br)c2C)c(C)c1. The highest BCUT2D eigenvalue weighted by molar-refractivity contribution is 9.10. The molecule has 0 aliphatic rings. The van der Waals surface area contributed by atoms with Gasteiger partial charge in [0.15, 0.2) is 5.78 Å². The van der Waals surface area contributed by atoms with Crippen LogP contribution in [0.5, 0.6) is 0 Å². The number of ketones is 1. The van der Waals surface area contributed by atoms with Gasteiger partial charge in [-0.3, -0.25) is 9.48 Å². The van der Waals surface area contributed by atoms with Gasteiger partial charge in [-0.2, -0.15) is 5.10 Å². The summed E-state index contributed by atoms with van der Waals surface area (Å²) >= 11 is 3.48. The van der Waals surface area contributed by atoms with Crippen molar-refractivity contribution in [3.63, 3.8) is 0 Å².